The van der Waals surface area contributed by atoms with Crippen LogP contribution in [0.25, 0.3) is 11.3 Å². The third kappa shape index (κ3) is 2.79. The number of hydrogen-bond acceptors (Lipinski definition) is 4. The van der Waals surface area contributed by atoms with E-state index in [4.69, 9.17) is 5.11 Å². The van der Waals surface area contributed by atoms with Crippen molar-refractivity contribution in [2.75, 3.05) is 19.0 Å². The second kappa shape index (κ2) is 5.41. The molecule has 0 amide bonds. The van der Waals surface area contributed by atoms with Gasteiger partial charge in [0.25, 0.3) is 0 Å². The van der Waals surface area contributed by atoms with Gasteiger partial charge in [-0.15, -0.1) is 0 Å². The van der Waals surface area contributed by atoms with Crippen molar-refractivity contribution in [2.45, 2.75) is 6.42 Å². The van der Waals surface area contributed by atoms with Gasteiger partial charge in [0.1, 0.15) is 12.1 Å². The van der Waals surface area contributed by atoms with E-state index >= 15 is 0 Å². The smallest absolute Gasteiger partial charge is 0.129 e. The van der Waals surface area contributed by atoms with Crippen LogP contribution in [-0.4, -0.2) is 28.7 Å². The maximum absolute atomic E-state index is 8.85. The highest BCUT2D eigenvalue weighted by atomic mass is 16.2. The molecule has 1 aromatic carbocycles. The zero-order chi connectivity index (χ0) is 12.1. The molecule has 0 aliphatic heterocycles. The largest absolute Gasteiger partial charge is 0.396 e. The second-order valence-corrected chi connectivity index (χ2v) is 3.71. The monoisotopic (exact) mass is 229 g/mol. The minimum absolute atomic E-state index is 0.177. The van der Waals surface area contributed by atoms with Gasteiger partial charge < -0.3 is 10.4 Å². The van der Waals surface area contributed by atoms with E-state index in [1.807, 2.05) is 37.4 Å². The van der Waals surface area contributed by atoms with Crippen LogP contribution in [0.3, 0.4) is 0 Å². The van der Waals surface area contributed by atoms with Gasteiger partial charge in [-0.2, -0.15) is 0 Å². The highest BCUT2D eigenvalue weighted by molar-refractivity contribution is 5.62. The lowest BCUT2D eigenvalue weighted by atomic mass is 10.1. The normalized spacial score (nSPS) is 10.2. The van der Waals surface area contributed by atoms with Gasteiger partial charge in [-0.05, 0) is 12.0 Å². The first-order valence-electron chi connectivity index (χ1n) is 5.53. The molecule has 0 atom stereocenters. The van der Waals surface area contributed by atoms with Crippen molar-refractivity contribution >= 4 is 5.82 Å². The maximum atomic E-state index is 8.85. The lowest BCUT2D eigenvalue weighted by Gasteiger charge is -2.04. The van der Waals surface area contributed by atoms with Gasteiger partial charge in [-0.25, -0.2) is 9.97 Å². The molecular weight excluding hydrogens is 214 g/mol. The van der Waals surface area contributed by atoms with Gasteiger partial charge in [-0.1, -0.05) is 24.3 Å². The van der Waals surface area contributed by atoms with E-state index < -0.39 is 0 Å². The molecule has 1 aromatic heterocycles. The predicted molar refractivity (Wildman–Crippen MR) is 67.8 cm³/mol. The highest BCUT2D eigenvalue weighted by Crippen LogP contribution is 2.19. The van der Waals surface area contributed by atoms with Crippen LogP contribution in [-0.2, 0) is 6.42 Å². The third-order valence-corrected chi connectivity index (χ3v) is 2.57. The number of nitrogens with zero attached hydrogens (tertiary/aromatic N) is 2. The van der Waals surface area contributed by atoms with Crippen molar-refractivity contribution in [2.24, 2.45) is 0 Å². The van der Waals surface area contributed by atoms with E-state index in [0.29, 0.717) is 6.42 Å². The number of aliphatic hydroxyl groups excluding tert-OH is 1. The summed E-state index contributed by atoms with van der Waals surface area (Å²) in [6.45, 7) is 0.177. The quantitative estimate of drug-likeness (QED) is 0.838. The SMILES string of the molecule is CNc1cc(-c2ccc(CCO)cc2)ncn1. The number of anilines is 1. The Morgan fingerprint density at radius 1 is 1.18 bits per heavy atom. The fourth-order valence-corrected chi connectivity index (χ4v) is 1.62. The minimum atomic E-state index is 0.177. The summed E-state index contributed by atoms with van der Waals surface area (Å²) in [5.41, 5.74) is 3.06. The average Bonchev–Trinajstić information content (AvgIpc) is 2.40. The van der Waals surface area contributed by atoms with E-state index in [0.717, 1.165) is 22.6 Å². The van der Waals surface area contributed by atoms with Gasteiger partial charge in [0.15, 0.2) is 0 Å². The highest BCUT2D eigenvalue weighted by Gasteiger charge is 2.01. The van der Waals surface area contributed by atoms with E-state index in [1.54, 1.807) is 6.33 Å². The number of benzene rings is 1. The Balaban J connectivity index is 2.26. The molecule has 4 heteroatoms. The van der Waals surface area contributed by atoms with Crippen LogP contribution in [0.1, 0.15) is 5.56 Å². The lowest BCUT2D eigenvalue weighted by molar-refractivity contribution is 0.299. The summed E-state index contributed by atoms with van der Waals surface area (Å²) in [6, 6.07) is 9.93. The van der Waals surface area contributed by atoms with E-state index in [9.17, 15) is 0 Å². The Bertz CT molecular complexity index is 482. The zero-order valence-corrected chi connectivity index (χ0v) is 9.72. The topological polar surface area (TPSA) is 58.0 Å². The van der Waals surface area contributed by atoms with Crippen molar-refractivity contribution in [3.05, 3.63) is 42.2 Å². The number of hydrogen-bond donors (Lipinski definition) is 2. The van der Waals surface area contributed by atoms with E-state index in [2.05, 4.69) is 15.3 Å². The average molecular weight is 229 g/mol. The molecule has 0 aliphatic rings. The van der Waals surface area contributed by atoms with Crippen molar-refractivity contribution < 1.29 is 5.11 Å². The van der Waals surface area contributed by atoms with Gasteiger partial charge in [0.05, 0.1) is 5.69 Å². The fraction of sp³-hybridized carbons (Fsp3) is 0.231. The van der Waals surface area contributed by atoms with E-state index in [1.165, 1.54) is 0 Å². The molecule has 0 radical (unpaired) electrons. The molecule has 4 nitrogen and oxygen atoms in total. The molecule has 2 rings (SSSR count). The molecule has 0 bridgehead atoms. The van der Waals surface area contributed by atoms with Gasteiger partial charge in [-0.3, -0.25) is 0 Å². The molecule has 0 unspecified atom stereocenters. The van der Waals surface area contributed by atoms with Crippen molar-refractivity contribution in [1.29, 1.82) is 0 Å². The van der Waals surface area contributed by atoms with E-state index in [-0.39, 0.29) is 6.61 Å². The Morgan fingerprint density at radius 2 is 1.94 bits per heavy atom. The molecule has 88 valence electrons. The Labute approximate surface area is 100 Å². The standard InChI is InChI=1S/C13H15N3O/c1-14-13-8-12(15-9-16-13)11-4-2-10(3-5-11)6-7-17/h2-5,8-9,17H,6-7H2,1H3,(H,14,15,16). The van der Waals surface area contributed by atoms with Crippen molar-refractivity contribution in [1.82, 2.24) is 9.97 Å². The molecule has 0 saturated carbocycles. The van der Waals surface area contributed by atoms with Crippen LogP contribution < -0.4 is 5.32 Å². The van der Waals surface area contributed by atoms with Gasteiger partial charge in [0.2, 0.25) is 0 Å². The Kier molecular flexibility index (Phi) is 3.67. The fourth-order valence-electron chi connectivity index (χ4n) is 1.62. The second-order valence-electron chi connectivity index (χ2n) is 3.71. The Morgan fingerprint density at radius 3 is 2.59 bits per heavy atom. The summed E-state index contributed by atoms with van der Waals surface area (Å²) in [7, 11) is 1.83. The third-order valence-electron chi connectivity index (χ3n) is 2.57. The Hall–Kier alpha value is -1.94. The lowest BCUT2D eigenvalue weighted by Crippen LogP contribution is -1.94. The molecule has 17 heavy (non-hydrogen) atoms. The van der Waals surface area contributed by atoms with Crippen LogP contribution in [0.4, 0.5) is 5.82 Å². The van der Waals surface area contributed by atoms with Crippen LogP contribution >= 0.6 is 0 Å². The van der Waals surface area contributed by atoms with Crippen molar-refractivity contribution in [3.63, 3.8) is 0 Å². The van der Waals surface area contributed by atoms with Crippen LogP contribution in [0.5, 0.6) is 0 Å². The summed E-state index contributed by atoms with van der Waals surface area (Å²) < 4.78 is 0. The summed E-state index contributed by atoms with van der Waals surface area (Å²) in [6.07, 6.45) is 2.23. The molecule has 0 saturated heterocycles. The summed E-state index contributed by atoms with van der Waals surface area (Å²) in [5.74, 6) is 0.800. The molecule has 2 N–H and O–H groups in total. The summed E-state index contributed by atoms with van der Waals surface area (Å²) >= 11 is 0. The predicted octanol–water partition coefficient (Wildman–Crippen LogP) is 1.72. The number of rotatable bonds is 4. The molecule has 0 fully saturated rings. The maximum Gasteiger partial charge on any atom is 0.129 e. The number of aromatic nitrogens is 2. The van der Waals surface area contributed by atoms with Crippen molar-refractivity contribution in [3.8, 4) is 11.3 Å². The summed E-state index contributed by atoms with van der Waals surface area (Å²) in [5, 5.41) is 11.8. The van der Waals surface area contributed by atoms with Gasteiger partial charge in [0, 0.05) is 25.3 Å². The number of aliphatic hydroxyl groups is 1. The summed E-state index contributed by atoms with van der Waals surface area (Å²) in [4.78, 5) is 8.31. The first-order chi connectivity index (χ1) is 8.33. The first kappa shape index (κ1) is 11.5. The molecule has 0 aliphatic carbocycles. The number of nitrogens with one attached hydrogen (secondary N) is 1. The zero-order valence-electron chi connectivity index (χ0n) is 9.72. The molecule has 0 spiro atoms. The van der Waals surface area contributed by atoms with Crippen LogP contribution in [0.15, 0.2) is 36.7 Å². The molecular formula is C13H15N3O. The minimum Gasteiger partial charge on any atom is -0.396 e. The first-order valence-corrected chi connectivity index (χ1v) is 5.53. The van der Waals surface area contributed by atoms with Crippen LogP contribution in [0, 0.1) is 0 Å². The molecule has 1 heterocycles. The van der Waals surface area contributed by atoms with Crippen LogP contribution in [0.2, 0.25) is 0 Å². The van der Waals surface area contributed by atoms with Gasteiger partial charge >= 0.3 is 0 Å². The molecule has 2 aromatic rings.